The first-order chi connectivity index (χ1) is 9.00. The topological polar surface area (TPSA) is 83.9 Å². The average molecular weight is 279 g/mol. The standard InChI is InChI=1S/C12H11N2O4S/c15-14(19(16,17)18)13(11-7-3-1-4-8-11)12-9-5-2-6-10-12/h1-10H,(H,16,17,18)/q-1. The van der Waals surface area contributed by atoms with Gasteiger partial charge < -0.3 is 5.21 Å². The molecule has 19 heavy (non-hydrogen) atoms. The molecule has 7 heteroatoms. The Morgan fingerprint density at radius 2 is 1.21 bits per heavy atom. The van der Waals surface area contributed by atoms with Gasteiger partial charge in [0.25, 0.3) is 0 Å². The van der Waals surface area contributed by atoms with Gasteiger partial charge in [0.05, 0.1) is 11.4 Å². The Morgan fingerprint density at radius 1 is 0.842 bits per heavy atom. The Balaban J connectivity index is 2.52. The highest BCUT2D eigenvalue weighted by Crippen LogP contribution is 2.27. The van der Waals surface area contributed by atoms with Gasteiger partial charge in [-0.05, 0) is 24.3 Å². The highest BCUT2D eigenvalue weighted by Gasteiger charge is 2.19. The summed E-state index contributed by atoms with van der Waals surface area (Å²) < 4.78 is 30.6. The molecule has 0 spiro atoms. The molecule has 0 radical (unpaired) electrons. The summed E-state index contributed by atoms with van der Waals surface area (Å²) in [6.07, 6.45) is 0. The summed E-state index contributed by atoms with van der Waals surface area (Å²) >= 11 is 0. The van der Waals surface area contributed by atoms with Crippen LogP contribution >= 0.6 is 0 Å². The Labute approximate surface area is 110 Å². The van der Waals surface area contributed by atoms with Crippen molar-refractivity contribution in [1.82, 2.24) is 4.58 Å². The van der Waals surface area contributed by atoms with Crippen LogP contribution in [-0.4, -0.2) is 17.5 Å². The molecule has 0 atom stereocenters. The molecule has 0 fully saturated rings. The molecule has 100 valence electrons. The average Bonchev–Trinajstić information content (AvgIpc) is 2.40. The van der Waals surface area contributed by atoms with Crippen molar-refractivity contribution in [2.75, 3.05) is 5.01 Å². The molecule has 0 heterocycles. The van der Waals surface area contributed by atoms with Crippen molar-refractivity contribution in [3.8, 4) is 0 Å². The van der Waals surface area contributed by atoms with E-state index >= 15 is 0 Å². The third kappa shape index (κ3) is 3.09. The van der Waals surface area contributed by atoms with Gasteiger partial charge in [0.2, 0.25) is 0 Å². The van der Waals surface area contributed by atoms with Crippen molar-refractivity contribution in [2.45, 2.75) is 0 Å². The van der Waals surface area contributed by atoms with Crippen LogP contribution in [0.1, 0.15) is 0 Å². The zero-order valence-electron chi connectivity index (χ0n) is 9.75. The first kappa shape index (κ1) is 13.5. The Morgan fingerprint density at radius 3 is 1.53 bits per heavy atom. The monoisotopic (exact) mass is 279 g/mol. The lowest BCUT2D eigenvalue weighted by Gasteiger charge is -2.37. The number of rotatable bonds is 4. The molecular formula is C12H11N2O4S-. The predicted molar refractivity (Wildman–Crippen MR) is 71.8 cm³/mol. The predicted octanol–water partition coefficient (Wildman–Crippen LogP) is 2.34. The van der Waals surface area contributed by atoms with Gasteiger partial charge in [0.1, 0.15) is 0 Å². The van der Waals surface area contributed by atoms with E-state index in [1.165, 1.54) is 0 Å². The van der Waals surface area contributed by atoms with Gasteiger partial charge in [-0.25, -0.2) is 0 Å². The summed E-state index contributed by atoms with van der Waals surface area (Å²) in [6, 6.07) is 16.3. The third-order valence-electron chi connectivity index (χ3n) is 2.36. The SMILES string of the molecule is O=S(=O)(O)N([O-])N(c1ccccc1)c1ccccc1. The lowest BCUT2D eigenvalue weighted by Crippen LogP contribution is -2.39. The normalized spacial score (nSPS) is 11.5. The van der Waals surface area contributed by atoms with Crippen LogP contribution in [0.4, 0.5) is 11.4 Å². The van der Waals surface area contributed by atoms with E-state index in [1.807, 2.05) is 0 Å². The number of hydrazine groups is 1. The van der Waals surface area contributed by atoms with Gasteiger partial charge in [-0.1, -0.05) is 36.4 Å². The molecule has 0 saturated heterocycles. The van der Waals surface area contributed by atoms with E-state index in [1.54, 1.807) is 60.7 Å². The lowest BCUT2D eigenvalue weighted by molar-refractivity contribution is 0.408. The van der Waals surface area contributed by atoms with E-state index in [4.69, 9.17) is 4.55 Å². The fraction of sp³-hybridized carbons (Fsp3) is 0. The molecule has 2 aromatic carbocycles. The second kappa shape index (κ2) is 5.37. The smallest absolute Gasteiger partial charge is 0.342 e. The van der Waals surface area contributed by atoms with E-state index in [0.29, 0.717) is 11.4 Å². The summed E-state index contributed by atoms with van der Waals surface area (Å²) in [4.78, 5) is 0. The molecule has 0 saturated carbocycles. The van der Waals surface area contributed by atoms with Crippen LogP contribution in [0.5, 0.6) is 0 Å². The highest BCUT2D eigenvalue weighted by atomic mass is 32.2. The molecule has 2 aromatic rings. The van der Waals surface area contributed by atoms with Crippen LogP contribution in [0.3, 0.4) is 0 Å². The number of para-hydroxylation sites is 2. The Hall–Kier alpha value is -1.93. The summed E-state index contributed by atoms with van der Waals surface area (Å²) in [5.41, 5.74) is 0.641. The van der Waals surface area contributed by atoms with Crippen molar-refractivity contribution >= 4 is 21.7 Å². The first-order valence-corrected chi connectivity index (χ1v) is 6.75. The van der Waals surface area contributed by atoms with Crippen LogP contribution in [0.25, 0.3) is 0 Å². The number of hydrogen-bond donors (Lipinski definition) is 1. The van der Waals surface area contributed by atoms with Gasteiger partial charge in [0.15, 0.2) is 0 Å². The summed E-state index contributed by atoms with van der Waals surface area (Å²) in [6.45, 7) is 0. The van der Waals surface area contributed by atoms with Crippen LogP contribution < -0.4 is 5.01 Å². The quantitative estimate of drug-likeness (QED) is 0.686. The lowest BCUT2D eigenvalue weighted by atomic mass is 10.2. The van der Waals surface area contributed by atoms with E-state index in [9.17, 15) is 13.6 Å². The summed E-state index contributed by atoms with van der Waals surface area (Å²) in [7, 11) is -4.89. The second-order valence-corrected chi connectivity index (χ2v) is 4.88. The molecule has 2 rings (SSSR count). The van der Waals surface area contributed by atoms with E-state index in [0.717, 1.165) is 5.01 Å². The molecule has 0 aliphatic rings. The molecule has 0 aliphatic carbocycles. The summed E-state index contributed by atoms with van der Waals surface area (Å²) in [5, 5.41) is 12.6. The number of benzene rings is 2. The highest BCUT2D eigenvalue weighted by molar-refractivity contribution is 7.83. The summed E-state index contributed by atoms with van der Waals surface area (Å²) in [5.74, 6) is 0. The second-order valence-electron chi connectivity index (χ2n) is 3.67. The molecule has 6 nitrogen and oxygen atoms in total. The third-order valence-corrected chi connectivity index (χ3v) is 2.92. The Kier molecular flexibility index (Phi) is 3.82. The van der Waals surface area contributed by atoms with Gasteiger partial charge in [0, 0.05) is 0 Å². The van der Waals surface area contributed by atoms with Gasteiger partial charge in [-0.3, -0.25) is 9.56 Å². The maximum absolute atomic E-state index is 11.8. The fourth-order valence-corrected chi connectivity index (χ4v) is 1.97. The minimum absolute atomic E-state index is 0.321. The maximum atomic E-state index is 11.8. The molecule has 0 unspecified atom stereocenters. The van der Waals surface area contributed by atoms with Crippen LogP contribution in [0.15, 0.2) is 60.7 Å². The van der Waals surface area contributed by atoms with E-state index in [2.05, 4.69) is 0 Å². The minimum Gasteiger partial charge on any atom is -0.752 e. The maximum Gasteiger partial charge on any atom is 0.342 e. The van der Waals surface area contributed by atoms with Crippen molar-refractivity contribution in [3.05, 3.63) is 65.9 Å². The molecular weight excluding hydrogens is 268 g/mol. The molecule has 0 bridgehead atoms. The van der Waals surface area contributed by atoms with Crippen molar-refractivity contribution in [1.29, 1.82) is 0 Å². The van der Waals surface area contributed by atoms with Gasteiger partial charge in [-0.2, -0.15) is 13.0 Å². The zero-order valence-corrected chi connectivity index (χ0v) is 10.6. The minimum atomic E-state index is -4.89. The largest absolute Gasteiger partial charge is 0.752 e. The van der Waals surface area contributed by atoms with E-state index in [-0.39, 0.29) is 0 Å². The first-order valence-electron chi connectivity index (χ1n) is 5.35. The van der Waals surface area contributed by atoms with Gasteiger partial charge >= 0.3 is 10.3 Å². The van der Waals surface area contributed by atoms with Crippen LogP contribution in [0.2, 0.25) is 0 Å². The molecule has 0 amide bonds. The molecule has 1 N–H and O–H groups in total. The van der Waals surface area contributed by atoms with E-state index < -0.39 is 14.9 Å². The van der Waals surface area contributed by atoms with Crippen LogP contribution in [-0.2, 0) is 10.3 Å². The molecule has 0 aliphatic heterocycles. The molecule has 0 aromatic heterocycles. The van der Waals surface area contributed by atoms with Crippen molar-refractivity contribution < 1.29 is 13.0 Å². The van der Waals surface area contributed by atoms with Gasteiger partial charge in [-0.15, -0.1) is 0 Å². The number of nitrogens with zero attached hydrogens (tertiary/aromatic N) is 2. The fourth-order valence-electron chi connectivity index (χ4n) is 1.58. The Bertz CT molecular complexity index is 592. The number of anilines is 2. The zero-order chi connectivity index (χ0) is 13.9. The van der Waals surface area contributed by atoms with Crippen LogP contribution in [0, 0.1) is 5.21 Å². The van der Waals surface area contributed by atoms with Crippen molar-refractivity contribution in [2.24, 2.45) is 0 Å². The number of hydrogen-bond acceptors (Lipinski definition) is 4. The van der Waals surface area contributed by atoms with Crippen molar-refractivity contribution in [3.63, 3.8) is 0 Å².